The zero-order valence-electron chi connectivity index (χ0n) is 9.13. The van der Waals surface area contributed by atoms with Gasteiger partial charge in [0.15, 0.2) is 5.13 Å². The van der Waals surface area contributed by atoms with Crippen LogP contribution in [-0.2, 0) is 0 Å². The molecule has 1 aromatic carbocycles. The molecule has 4 nitrogen and oxygen atoms in total. The predicted molar refractivity (Wildman–Crippen MR) is 73.9 cm³/mol. The third kappa shape index (κ3) is 2.88. The number of aromatic nitrogens is 1. The number of anilines is 1. The second kappa shape index (κ2) is 5.20. The topological polar surface area (TPSA) is 76.2 Å². The van der Waals surface area contributed by atoms with Crippen LogP contribution in [0.3, 0.4) is 0 Å². The summed E-state index contributed by atoms with van der Waals surface area (Å²) in [5.74, 6) is -1.03. The molecular formula is C12H9ClN2O2S. The zero-order chi connectivity index (χ0) is 13.1. The van der Waals surface area contributed by atoms with Gasteiger partial charge >= 0.3 is 5.97 Å². The Kier molecular flexibility index (Phi) is 3.64. The highest BCUT2D eigenvalue weighted by Crippen LogP contribution is 2.22. The first kappa shape index (κ1) is 12.6. The van der Waals surface area contributed by atoms with Crippen LogP contribution in [0, 0.1) is 0 Å². The summed E-state index contributed by atoms with van der Waals surface area (Å²) in [6, 6.07) is 7.17. The third-order valence-corrected chi connectivity index (χ3v) is 3.31. The summed E-state index contributed by atoms with van der Waals surface area (Å²) < 4.78 is 0. The van der Waals surface area contributed by atoms with Crippen LogP contribution >= 0.6 is 22.9 Å². The number of aromatic carboxylic acids is 1. The van der Waals surface area contributed by atoms with E-state index in [2.05, 4.69) is 4.98 Å². The number of carbonyl (C=O) groups is 1. The first-order valence-electron chi connectivity index (χ1n) is 4.99. The summed E-state index contributed by atoms with van der Waals surface area (Å²) in [5.41, 5.74) is 6.76. The lowest BCUT2D eigenvalue weighted by atomic mass is 10.2. The number of benzene rings is 1. The number of carboxylic acids is 1. The molecule has 0 unspecified atom stereocenters. The van der Waals surface area contributed by atoms with Crippen LogP contribution in [0.5, 0.6) is 0 Å². The van der Waals surface area contributed by atoms with Gasteiger partial charge in [-0.25, -0.2) is 9.78 Å². The van der Waals surface area contributed by atoms with Crippen molar-refractivity contribution < 1.29 is 9.90 Å². The molecule has 0 spiro atoms. The van der Waals surface area contributed by atoms with Crippen molar-refractivity contribution in [2.45, 2.75) is 0 Å². The number of thiazole rings is 1. The summed E-state index contributed by atoms with van der Waals surface area (Å²) in [6.45, 7) is 0. The molecule has 1 heterocycles. The van der Waals surface area contributed by atoms with Crippen molar-refractivity contribution in [3.63, 3.8) is 0 Å². The van der Waals surface area contributed by atoms with Crippen molar-refractivity contribution >= 4 is 46.2 Å². The van der Waals surface area contributed by atoms with E-state index in [0.29, 0.717) is 10.7 Å². The minimum Gasteiger partial charge on any atom is -0.477 e. The lowest BCUT2D eigenvalue weighted by molar-refractivity contribution is 0.0701. The maximum Gasteiger partial charge on any atom is 0.348 e. The van der Waals surface area contributed by atoms with E-state index in [1.165, 1.54) is 0 Å². The molecule has 2 rings (SSSR count). The molecule has 0 amide bonds. The highest BCUT2D eigenvalue weighted by molar-refractivity contribution is 7.17. The number of carboxylic acid groups (broad SMARTS) is 1. The second-order valence-corrected chi connectivity index (χ2v) is 4.92. The Balaban J connectivity index is 2.28. The monoisotopic (exact) mass is 280 g/mol. The standard InChI is InChI=1S/C12H9ClN2O2S/c13-8-4-1-7(2-5-8)3-6-9-10(11(16)17)18-12(14)15-9/h1-6H,(H2,14,15)(H,16,17)/b6-3+. The average Bonchev–Trinajstić information content (AvgIpc) is 2.70. The van der Waals surface area contributed by atoms with Gasteiger partial charge in [-0.15, -0.1) is 0 Å². The predicted octanol–water partition coefficient (Wildman–Crippen LogP) is 3.25. The molecule has 2 aromatic rings. The fraction of sp³-hybridized carbons (Fsp3) is 0. The number of hydrogen-bond donors (Lipinski definition) is 2. The fourth-order valence-electron chi connectivity index (χ4n) is 1.36. The van der Waals surface area contributed by atoms with E-state index in [-0.39, 0.29) is 10.0 Å². The Labute approximate surface area is 112 Å². The van der Waals surface area contributed by atoms with Crippen LogP contribution < -0.4 is 5.73 Å². The van der Waals surface area contributed by atoms with Crippen molar-refractivity contribution in [1.29, 1.82) is 0 Å². The number of hydrogen-bond acceptors (Lipinski definition) is 4. The highest BCUT2D eigenvalue weighted by atomic mass is 35.5. The molecule has 0 bridgehead atoms. The summed E-state index contributed by atoms with van der Waals surface area (Å²) >= 11 is 6.72. The maximum absolute atomic E-state index is 11.0. The zero-order valence-corrected chi connectivity index (χ0v) is 10.7. The molecule has 3 N–H and O–H groups in total. The molecule has 0 atom stereocenters. The van der Waals surface area contributed by atoms with Gasteiger partial charge in [-0.05, 0) is 23.8 Å². The van der Waals surface area contributed by atoms with Crippen LogP contribution in [0.15, 0.2) is 24.3 Å². The Morgan fingerprint density at radius 2 is 2.00 bits per heavy atom. The molecule has 1 aromatic heterocycles. The molecule has 0 aliphatic rings. The lowest BCUT2D eigenvalue weighted by Crippen LogP contribution is -1.94. The summed E-state index contributed by atoms with van der Waals surface area (Å²) in [6.07, 6.45) is 3.39. The Hall–Kier alpha value is -1.85. The number of nitrogen functional groups attached to an aromatic ring is 1. The number of nitrogens with two attached hydrogens (primary N) is 1. The lowest BCUT2D eigenvalue weighted by Gasteiger charge is -1.93. The quantitative estimate of drug-likeness (QED) is 0.905. The van der Waals surface area contributed by atoms with Crippen LogP contribution in [0.4, 0.5) is 5.13 Å². The molecule has 92 valence electrons. The molecule has 0 aliphatic heterocycles. The number of rotatable bonds is 3. The number of halogens is 1. The fourth-order valence-corrected chi connectivity index (χ4v) is 2.15. The van der Waals surface area contributed by atoms with Crippen molar-refractivity contribution in [2.24, 2.45) is 0 Å². The molecule has 0 saturated carbocycles. The van der Waals surface area contributed by atoms with E-state index in [1.807, 2.05) is 12.1 Å². The normalized spacial score (nSPS) is 10.9. The van der Waals surface area contributed by atoms with E-state index >= 15 is 0 Å². The van der Waals surface area contributed by atoms with E-state index in [1.54, 1.807) is 24.3 Å². The van der Waals surface area contributed by atoms with Gasteiger partial charge in [-0.3, -0.25) is 0 Å². The van der Waals surface area contributed by atoms with E-state index in [9.17, 15) is 4.79 Å². The summed E-state index contributed by atoms with van der Waals surface area (Å²) in [7, 11) is 0. The number of nitrogens with zero attached hydrogens (tertiary/aromatic N) is 1. The molecule has 0 saturated heterocycles. The maximum atomic E-state index is 11.0. The SMILES string of the molecule is Nc1nc(/C=C/c2ccc(Cl)cc2)c(C(=O)O)s1. The smallest absolute Gasteiger partial charge is 0.348 e. The van der Waals surface area contributed by atoms with E-state index in [4.69, 9.17) is 22.4 Å². The van der Waals surface area contributed by atoms with Gasteiger partial charge in [0.2, 0.25) is 0 Å². The van der Waals surface area contributed by atoms with Crippen LogP contribution in [0.1, 0.15) is 20.9 Å². The van der Waals surface area contributed by atoms with Gasteiger partial charge in [0.05, 0.1) is 5.69 Å². The Morgan fingerprint density at radius 1 is 1.33 bits per heavy atom. The van der Waals surface area contributed by atoms with Gasteiger partial charge in [0, 0.05) is 5.02 Å². The highest BCUT2D eigenvalue weighted by Gasteiger charge is 2.13. The van der Waals surface area contributed by atoms with Gasteiger partial charge in [-0.1, -0.05) is 41.1 Å². The minimum atomic E-state index is -1.03. The molecule has 6 heteroatoms. The van der Waals surface area contributed by atoms with Gasteiger partial charge in [-0.2, -0.15) is 0 Å². The first-order chi connectivity index (χ1) is 8.56. The summed E-state index contributed by atoms with van der Waals surface area (Å²) in [5, 5.41) is 9.86. The first-order valence-corrected chi connectivity index (χ1v) is 6.19. The van der Waals surface area contributed by atoms with E-state index < -0.39 is 5.97 Å². The van der Waals surface area contributed by atoms with Crippen molar-refractivity contribution in [3.8, 4) is 0 Å². The van der Waals surface area contributed by atoms with Crippen LogP contribution in [-0.4, -0.2) is 16.1 Å². The summed E-state index contributed by atoms with van der Waals surface area (Å²) in [4.78, 5) is 15.1. The van der Waals surface area contributed by atoms with E-state index in [0.717, 1.165) is 16.9 Å². The van der Waals surface area contributed by atoms with Crippen LogP contribution in [0.2, 0.25) is 5.02 Å². The minimum absolute atomic E-state index is 0.137. The van der Waals surface area contributed by atoms with Crippen molar-refractivity contribution in [3.05, 3.63) is 45.4 Å². The molecule has 0 radical (unpaired) electrons. The Bertz CT molecular complexity index is 605. The Morgan fingerprint density at radius 3 is 2.61 bits per heavy atom. The largest absolute Gasteiger partial charge is 0.477 e. The third-order valence-electron chi connectivity index (χ3n) is 2.17. The van der Waals surface area contributed by atoms with Gasteiger partial charge in [0.1, 0.15) is 4.88 Å². The average molecular weight is 281 g/mol. The van der Waals surface area contributed by atoms with Crippen molar-refractivity contribution in [1.82, 2.24) is 4.98 Å². The molecular weight excluding hydrogens is 272 g/mol. The molecule has 18 heavy (non-hydrogen) atoms. The second-order valence-electron chi connectivity index (χ2n) is 3.46. The van der Waals surface area contributed by atoms with Gasteiger partial charge < -0.3 is 10.8 Å². The van der Waals surface area contributed by atoms with Gasteiger partial charge in [0.25, 0.3) is 0 Å². The van der Waals surface area contributed by atoms with Crippen LogP contribution in [0.25, 0.3) is 12.2 Å². The molecule has 0 aliphatic carbocycles. The van der Waals surface area contributed by atoms with Crippen molar-refractivity contribution in [2.75, 3.05) is 5.73 Å². The molecule has 0 fully saturated rings.